The van der Waals surface area contributed by atoms with Crippen LogP contribution in [0.4, 0.5) is 0 Å². The van der Waals surface area contributed by atoms with Gasteiger partial charge in [0.25, 0.3) is 0 Å². The molecule has 1 aliphatic rings. The van der Waals surface area contributed by atoms with Crippen LogP contribution in [0.25, 0.3) is 0 Å². The third-order valence-corrected chi connectivity index (χ3v) is 4.61. The Kier molecular flexibility index (Phi) is 5.61. The molecule has 1 unspecified atom stereocenters. The number of hydrogen-bond acceptors (Lipinski definition) is 4. The number of nitrogens with one attached hydrogen (secondary N) is 2. The van der Waals surface area contributed by atoms with E-state index in [9.17, 15) is 0 Å². The molecule has 2 heterocycles. The second kappa shape index (κ2) is 8.08. The highest BCUT2D eigenvalue weighted by Crippen LogP contribution is 2.27. The molecular formula is C20H26N4O2. The minimum absolute atomic E-state index is 0.116. The molecule has 1 aromatic carbocycles. The van der Waals surface area contributed by atoms with Gasteiger partial charge in [-0.15, -0.1) is 0 Å². The molecule has 6 heteroatoms. The van der Waals surface area contributed by atoms with E-state index in [-0.39, 0.29) is 6.10 Å². The summed E-state index contributed by atoms with van der Waals surface area (Å²) < 4.78 is 11.4. The minimum atomic E-state index is 0.116. The molecular weight excluding hydrogens is 328 g/mol. The smallest absolute Gasteiger partial charge is 0.191 e. The summed E-state index contributed by atoms with van der Waals surface area (Å²) in [5.74, 6) is 2.59. The molecule has 1 aliphatic heterocycles. The fraction of sp³-hybridized carbons (Fsp3) is 0.400. The summed E-state index contributed by atoms with van der Waals surface area (Å²) in [5.41, 5.74) is 4.29. The Balaban J connectivity index is 1.53. The number of aryl methyl sites for hydroxylation is 1. The van der Waals surface area contributed by atoms with Crippen LogP contribution in [0.15, 0.2) is 35.5 Å². The van der Waals surface area contributed by atoms with Gasteiger partial charge in [0.05, 0.1) is 25.9 Å². The average molecular weight is 354 g/mol. The first kappa shape index (κ1) is 18.0. The van der Waals surface area contributed by atoms with E-state index in [2.05, 4.69) is 26.7 Å². The van der Waals surface area contributed by atoms with Gasteiger partial charge >= 0.3 is 0 Å². The summed E-state index contributed by atoms with van der Waals surface area (Å²) >= 11 is 0. The Labute approximate surface area is 154 Å². The topological polar surface area (TPSA) is 67.8 Å². The van der Waals surface area contributed by atoms with E-state index in [4.69, 9.17) is 9.47 Å². The Hall–Kier alpha value is -2.76. The van der Waals surface area contributed by atoms with Crippen LogP contribution in [-0.4, -0.2) is 37.7 Å². The predicted octanol–water partition coefficient (Wildman–Crippen LogP) is 2.38. The van der Waals surface area contributed by atoms with E-state index < -0.39 is 0 Å². The SMILES string of the molecule is CN=C(NCc1ncc(C)c(OC)c1C)NCC1Cc2ccccc2O1. The monoisotopic (exact) mass is 354 g/mol. The number of nitrogens with zero attached hydrogens (tertiary/aromatic N) is 2. The van der Waals surface area contributed by atoms with E-state index in [0.29, 0.717) is 13.1 Å². The van der Waals surface area contributed by atoms with Crippen LogP contribution in [0.2, 0.25) is 0 Å². The van der Waals surface area contributed by atoms with Gasteiger partial charge in [0.15, 0.2) is 5.96 Å². The second-order valence-electron chi connectivity index (χ2n) is 6.40. The van der Waals surface area contributed by atoms with Gasteiger partial charge in [-0.2, -0.15) is 0 Å². The molecule has 0 saturated carbocycles. The Bertz CT molecular complexity index is 779. The van der Waals surface area contributed by atoms with Crippen molar-refractivity contribution in [1.29, 1.82) is 0 Å². The van der Waals surface area contributed by atoms with E-state index in [1.807, 2.05) is 38.2 Å². The third-order valence-electron chi connectivity index (χ3n) is 4.61. The van der Waals surface area contributed by atoms with Crippen molar-refractivity contribution in [2.45, 2.75) is 32.9 Å². The molecule has 0 saturated heterocycles. The number of guanidine groups is 1. The maximum Gasteiger partial charge on any atom is 0.191 e. The number of aromatic nitrogens is 1. The van der Waals surface area contributed by atoms with E-state index in [1.165, 1.54) is 5.56 Å². The zero-order chi connectivity index (χ0) is 18.5. The fourth-order valence-corrected chi connectivity index (χ4v) is 3.22. The van der Waals surface area contributed by atoms with Crippen molar-refractivity contribution >= 4 is 5.96 Å². The maximum absolute atomic E-state index is 5.95. The molecule has 0 amide bonds. The molecule has 0 radical (unpaired) electrons. The number of fused-ring (bicyclic) bond motifs is 1. The maximum atomic E-state index is 5.95. The Morgan fingerprint density at radius 2 is 2.12 bits per heavy atom. The molecule has 2 aromatic rings. The van der Waals surface area contributed by atoms with Gasteiger partial charge in [0.2, 0.25) is 0 Å². The lowest BCUT2D eigenvalue weighted by Crippen LogP contribution is -2.42. The van der Waals surface area contributed by atoms with Gasteiger partial charge in [0.1, 0.15) is 17.6 Å². The van der Waals surface area contributed by atoms with Crippen molar-refractivity contribution in [3.8, 4) is 11.5 Å². The number of rotatable bonds is 5. The van der Waals surface area contributed by atoms with E-state index >= 15 is 0 Å². The van der Waals surface area contributed by atoms with Gasteiger partial charge in [-0.1, -0.05) is 18.2 Å². The van der Waals surface area contributed by atoms with Crippen LogP contribution in [0, 0.1) is 13.8 Å². The zero-order valence-electron chi connectivity index (χ0n) is 15.8. The summed E-state index contributed by atoms with van der Waals surface area (Å²) in [6.45, 7) is 5.29. The molecule has 26 heavy (non-hydrogen) atoms. The van der Waals surface area contributed by atoms with Crippen molar-refractivity contribution < 1.29 is 9.47 Å². The Morgan fingerprint density at radius 1 is 1.31 bits per heavy atom. The van der Waals surface area contributed by atoms with Crippen LogP contribution in [0.3, 0.4) is 0 Å². The standard InChI is InChI=1S/C20H26N4O2/c1-13-10-22-17(14(2)19(13)25-4)12-24-20(21-3)23-11-16-9-15-7-5-6-8-18(15)26-16/h5-8,10,16H,9,11-12H2,1-4H3,(H2,21,23,24). The van der Waals surface area contributed by atoms with Gasteiger partial charge in [-0.05, 0) is 25.5 Å². The molecule has 138 valence electrons. The second-order valence-corrected chi connectivity index (χ2v) is 6.40. The highest BCUT2D eigenvalue weighted by atomic mass is 16.5. The predicted molar refractivity (Wildman–Crippen MR) is 103 cm³/mol. The minimum Gasteiger partial charge on any atom is -0.496 e. The number of aliphatic imine (C=N–C) groups is 1. The lowest BCUT2D eigenvalue weighted by molar-refractivity contribution is 0.235. The number of methoxy groups -OCH3 is 1. The van der Waals surface area contributed by atoms with Crippen molar-refractivity contribution in [2.75, 3.05) is 20.7 Å². The molecule has 0 fully saturated rings. The van der Waals surface area contributed by atoms with Crippen LogP contribution in [0.5, 0.6) is 11.5 Å². The molecule has 3 rings (SSSR count). The fourth-order valence-electron chi connectivity index (χ4n) is 3.22. The lowest BCUT2D eigenvalue weighted by Gasteiger charge is -2.17. The molecule has 1 aromatic heterocycles. The first-order valence-electron chi connectivity index (χ1n) is 8.80. The van der Waals surface area contributed by atoms with E-state index in [1.54, 1.807) is 14.2 Å². The zero-order valence-corrected chi connectivity index (χ0v) is 15.8. The number of benzene rings is 1. The largest absolute Gasteiger partial charge is 0.496 e. The van der Waals surface area contributed by atoms with Gasteiger partial charge in [-0.25, -0.2) is 0 Å². The Morgan fingerprint density at radius 3 is 2.85 bits per heavy atom. The highest BCUT2D eigenvalue weighted by Gasteiger charge is 2.22. The van der Waals surface area contributed by atoms with Crippen molar-refractivity contribution in [1.82, 2.24) is 15.6 Å². The van der Waals surface area contributed by atoms with E-state index in [0.717, 1.165) is 40.7 Å². The molecule has 0 spiro atoms. The lowest BCUT2D eigenvalue weighted by atomic mass is 10.1. The quantitative estimate of drug-likeness (QED) is 0.637. The summed E-state index contributed by atoms with van der Waals surface area (Å²) in [6.07, 6.45) is 2.86. The van der Waals surface area contributed by atoms with Gasteiger partial charge in [-0.3, -0.25) is 9.98 Å². The first-order valence-corrected chi connectivity index (χ1v) is 8.80. The van der Waals surface area contributed by atoms with Gasteiger partial charge < -0.3 is 20.1 Å². The summed E-state index contributed by atoms with van der Waals surface area (Å²) in [4.78, 5) is 8.79. The van der Waals surface area contributed by atoms with Crippen molar-refractivity contribution in [2.24, 2.45) is 4.99 Å². The van der Waals surface area contributed by atoms with Crippen LogP contribution < -0.4 is 20.1 Å². The first-order chi connectivity index (χ1) is 12.6. The summed E-state index contributed by atoms with van der Waals surface area (Å²) in [6, 6.07) is 8.17. The molecule has 0 bridgehead atoms. The van der Waals surface area contributed by atoms with Gasteiger partial charge in [0, 0.05) is 30.8 Å². The normalized spacial score (nSPS) is 16.0. The van der Waals surface area contributed by atoms with Crippen LogP contribution >= 0.6 is 0 Å². The van der Waals surface area contributed by atoms with Crippen molar-refractivity contribution in [3.05, 3.63) is 52.8 Å². The average Bonchev–Trinajstić information content (AvgIpc) is 3.06. The van der Waals surface area contributed by atoms with Crippen LogP contribution in [0.1, 0.15) is 22.4 Å². The summed E-state index contributed by atoms with van der Waals surface area (Å²) in [5, 5.41) is 6.64. The molecule has 6 nitrogen and oxygen atoms in total. The number of hydrogen-bond donors (Lipinski definition) is 2. The number of pyridine rings is 1. The van der Waals surface area contributed by atoms with Crippen LogP contribution in [-0.2, 0) is 13.0 Å². The number of para-hydroxylation sites is 1. The number of ether oxygens (including phenoxy) is 2. The third kappa shape index (κ3) is 3.90. The summed E-state index contributed by atoms with van der Waals surface area (Å²) in [7, 11) is 3.45. The molecule has 2 N–H and O–H groups in total. The molecule has 0 aliphatic carbocycles. The highest BCUT2D eigenvalue weighted by molar-refractivity contribution is 5.79. The van der Waals surface area contributed by atoms with Crippen molar-refractivity contribution in [3.63, 3.8) is 0 Å². The molecule has 1 atom stereocenters.